The average Bonchev–Trinajstić information content (AvgIpc) is 2.62. The van der Waals surface area contributed by atoms with Gasteiger partial charge in [0, 0.05) is 25.7 Å². The third-order valence-corrected chi connectivity index (χ3v) is 4.48. The van der Waals surface area contributed by atoms with Crippen molar-refractivity contribution in [2.75, 3.05) is 26.2 Å². The number of amides is 1. The maximum atomic E-state index is 12.3. The van der Waals surface area contributed by atoms with Crippen molar-refractivity contribution in [2.45, 2.75) is 32.4 Å². The summed E-state index contributed by atoms with van der Waals surface area (Å²) < 4.78 is 5.76. The summed E-state index contributed by atoms with van der Waals surface area (Å²) in [5.41, 5.74) is 0.207. The summed E-state index contributed by atoms with van der Waals surface area (Å²) in [6.07, 6.45) is 0.840. The first-order chi connectivity index (χ1) is 12.0. The predicted octanol–water partition coefficient (Wildman–Crippen LogP) is 1.15. The van der Waals surface area contributed by atoms with Gasteiger partial charge in [-0.1, -0.05) is 12.1 Å². The van der Waals surface area contributed by atoms with Crippen LogP contribution in [-0.4, -0.2) is 59.2 Å². The monoisotopic (exact) mass is 344 g/mol. The Morgan fingerprint density at radius 3 is 3.04 bits per heavy atom. The topological polar surface area (TPSA) is 87.3 Å². The number of hydrogen-bond acceptors (Lipinski definition) is 5. The van der Waals surface area contributed by atoms with Crippen LogP contribution >= 0.6 is 0 Å². The Balaban J connectivity index is 1.57. The van der Waals surface area contributed by atoms with E-state index in [0.717, 1.165) is 26.1 Å². The van der Waals surface area contributed by atoms with Crippen LogP contribution in [0.25, 0.3) is 10.9 Å². The lowest BCUT2D eigenvalue weighted by Gasteiger charge is -2.35. The largest absolute Gasteiger partial charge is 0.375 e. The van der Waals surface area contributed by atoms with Crippen LogP contribution in [0.4, 0.5) is 0 Å². The second-order valence-electron chi connectivity index (χ2n) is 6.56. The second-order valence-corrected chi connectivity index (χ2v) is 6.56. The Hall–Kier alpha value is -2.25. The van der Waals surface area contributed by atoms with Gasteiger partial charge in [0.2, 0.25) is 0 Å². The molecule has 3 rings (SSSR count). The first-order valence-corrected chi connectivity index (χ1v) is 8.67. The lowest BCUT2D eigenvalue weighted by atomic mass is 10.1. The number of aromatic amines is 1. The Bertz CT molecular complexity index is 802. The number of aromatic nitrogens is 2. The number of morpholine rings is 1. The molecule has 1 amide bonds. The molecule has 1 fully saturated rings. The molecule has 0 aliphatic carbocycles. The minimum Gasteiger partial charge on any atom is -0.375 e. The Kier molecular flexibility index (Phi) is 5.45. The number of H-pyrrole nitrogens is 1. The van der Waals surface area contributed by atoms with Crippen LogP contribution in [0.15, 0.2) is 29.1 Å². The van der Waals surface area contributed by atoms with Crippen molar-refractivity contribution in [1.29, 1.82) is 0 Å². The fourth-order valence-corrected chi connectivity index (χ4v) is 3.01. The molecule has 0 unspecified atom stereocenters. The summed E-state index contributed by atoms with van der Waals surface area (Å²) in [6, 6.07) is 7.45. The molecule has 0 radical (unpaired) electrons. The van der Waals surface area contributed by atoms with Crippen LogP contribution in [0.5, 0.6) is 0 Å². The number of fused-ring (bicyclic) bond motifs is 1. The van der Waals surface area contributed by atoms with E-state index in [0.29, 0.717) is 23.5 Å². The Morgan fingerprint density at radius 1 is 1.44 bits per heavy atom. The van der Waals surface area contributed by atoms with Crippen LogP contribution in [0, 0.1) is 0 Å². The van der Waals surface area contributed by atoms with E-state index in [-0.39, 0.29) is 23.4 Å². The summed E-state index contributed by atoms with van der Waals surface area (Å²) >= 11 is 0. The van der Waals surface area contributed by atoms with E-state index in [1.165, 1.54) is 0 Å². The van der Waals surface area contributed by atoms with E-state index in [1.54, 1.807) is 24.3 Å². The van der Waals surface area contributed by atoms with Gasteiger partial charge in [-0.15, -0.1) is 0 Å². The Morgan fingerprint density at radius 2 is 2.24 bits per heavy atom. The molecule has 1 aromatic carbocycles. The molecule has 2 heterocycles. The number of rotatable bonds is 5. The molecule has 2 aromatic rings. The number of ether oxygens (including phenoxy) is 1. The molecular weight excluding hydrogens is 320 g/mol. The highest BCUT2D eigenvalue weighted by atomic mass is 16.5. The van der Waals surface area contributed by atoms with Crippen molar-refractivity contribution < 1.29 is 9.53 Å². The maximum absolute atomic E-state index is 12.3. The number of nitrogens with zero attached hydrogens (tertiary/aromatic N) is 2. The van der Waals surface area contributed by atoms with Crippen LogP contribution < -0.4 is 10.9 Å². The molecule has 7 nitrogen and oxygen atoms in total. The predicted molar refractivity (Wildman–Crippen MR) is 95.8 cm³/mol. The number of nitrogens with one attached hydrogen (secondary N) is 2. The third-order valence-electron chi connectivity index (χ3n) is 4.48. The van der Waals surface area contributed by atoms with Crippen molar-refractivity contribution in [1.82, 2.24) is 20.2 Å². The van der Waals surface area contributed by atoms with Crippen LogP contribution in [0.3, 0.4) is 0 Å². The fourth-order valence-electron chi connectivity index (χ4n) is 3.01. The van der Waals surface area contributed by atoms with Crippen molar-refractivity contribution in [3.63, 3.8) is 0 Å². The van der Waals surface area contributed by atoms with Gasteiger partial charge in [0.05, 0.1) is 23.6 Å². The number of hydrogen-bond donors (Lipinski definition) is 2. The molecule has 25 heavy (non-hydrogen) atoms. The number of carbonyl (C=O) groups excluding carboxylic acids is 1. The second kappa shape index (κ2) is 7.76. The van der Waals surface area contributed by atoms with Crippen molar-refractivity contribution in [3.05, 3.63) is 40.4 Å². The minimum absolute atomic E-state index is 0.0390. The van der Waals surface area contributed by atoms with Gasteiger partial charge in [-0.25, -0.2) is 4.98 Å². The van der Waals surface area contributed by atoms with Crippen LogP contribution in [0.2, 0.25) is 0 Å². The van der Waals surface area contributed by atoms with Crippen molar-refractivity contribution in [2.24, 2.45) is 0 Å². The van der Waals surface area contributed by atoms with Gasteiger partial charge in [-0.2, -0.15) is 0 Å². The number of para-hydroxylation sites is 1. The van der Waals surface area contributed by atoms with Crippen LogP contribution in [-0.2, 0) is 4.74 Å². The maximum Gasteiger partial charge on any atom is 0.287 e. The lowest BCUT2D eigenvalue weighted by Crippen LogP contribution is -2.46. The van der Waals surface area contributed by atoms with Gasteiger partial charge >= 0.3 is 0 Å². The zero-order chi connectivity index (χ0) is 17.8. The van der Waals surface area contributed by atoms with E-state index < -0.39 is 0 Å². The molecule has 1 saturated heterocycles. The van der Waals surface area contributed by atoms with E-state index in [4.69, 9.17) is 4.74 Å². The average molecular weight is 344 g/mol. The van der Waals surface area contributed by atoms with Gasteiger partial charge in [-0.05, 0) is 32.4 Å². The van der Waals surface area contributed by atoms with Gasteiger partial charge in [0.15, 0.2) is 5.82 Å². The molecule has 134 valence electrons. The van der Waals surface area contributed by atoms with Crippen molar-refractivity contribution in [3.8, 4) is 0 Å². The summed E-state index contributed by atoms with van der Waals surface area (Å²) in [5, 5.41) is 3.29. The fraction of sp³-hybridized carbons (Fsp3) is 0.500. The Labute approximate surface area is 146 Å². The minimum atomic E-state index is -0.376. The normalized spacial score (nSPS) is 18.6. The molecule has 0 spiro atoms. The summed E-state index contributed by atoms with van der Waals surface area (Å²) in [6.45, 7) is 7.36. The molecule has 2 N–H and O–H groups in total. The quantitative estimate of drug-likeness (QED) is 0.850. The highest BCUT2D eigenvalue weighted by molar-refractivity contribution is 5.92. The summed E-state index contributed by atoms with van der Waals surface area (Å²) in [4.78, 5) is 33.4. The van der Waals surface area contributed by atoms with Gasteiger partial charge in [0.1, 0.15) is 0 Å². The van der Waals surface area contributed by atoms with Crippen LogP contribution in [0.1, 0.15) is 30.9 Å². The standard InChI is InChI=1S/C18H24N4O3/c1-12(2)22-9-10-25-13(11-22)7-8-19-18(24)16-20-15-6-4-3-5-14(15)17(23)21-16/h3-6,12-13H,7-11H2,1-2H3,(H,19,24)(H,20,21,23)/t13-/m1/s1. The summed E-state index contributed by atoms with van der Waals surface area (Å²) in [7, 11) is 0. The molecule has 1 aromatic heterocycles. The highest BCUT2D eigenvalue weighted by Crippen LogP contribution is 2.11. The molecule has 1 aliphatic heterocycles. The summed E-state index contributed by atoms with van der Waals surface area (Å²) in [5.74, 6) is -0.337. The van der Waals surface area contributed by atoms with Gasteiger partial charge < -0.3 is 15.0 Å². The molecular formula is C18H24N4O3. The SMILES string of the molecule is CC(C)N1CCO[C@H](CCNC(=O)c2nc3ccccc3c(=O)[nH]2)C1. The third kappa shape index (κ3) is 4.24. The smallest absolute Gasteiger partial charge is 0.287 e. The zero-order valence-electron chi connectivity index (χ0n) is 14.6. The van der Waals surface area contributed by atoms with Gasteiger partial charge in [-0.3, -0.25) is 14.5 Å². The van der Waals surface area contributed by atoms with Crippen molar-refractivity contribution >= 4 is 16.8 Å². The van der Waals surface area contributed by atoms with Gasteiger partial charge in [0.25, 0.3) is 11.5 Å². The van der Waals surface area contributed by atoms with E-state index >= 15 is 0 Å². The molecule has 0 saturated carbocycles. The lowest BCUT2D eigenvalue weighted by molar-refractivity contribution is -0.0412. The molecule has 1 aliphatic rings. The van der Waals surface area contributed by atoms with E-state index in [9.17, 15) is 9.59 Å². The zero-order valence-corrected chi connectivity index (χ0v) is 14.6. The molecule has 1 atom stereocenters. The molecule has 0 bridgehead atoms. The van der Waals surface area contributed by atoms with E-state index in [2.05, 4.69) is 34.0 Å². The highest BCUT2D eigenvalue weighted by Gasteiger charge is 2.22. The van der Waals surface area contributed by atoms with E-state index in [1.807, 2.05) is 0 Å². The molecule has 7 heteroatoms. The number of carbonyl (C=O) groups is 1. The number of benzene rings is 1. The first-order valence-electron chi connectivity index (χ1n) is 8.67. The first kappa shape index (κ1) is 17.6.